The molecule has 1 N–H and O–H groups in total. The molecule has 2 saturated carbocycles. The summed E-state index contributed by atoms with van der Waals surface area (Å²) in [5.41, 5.74) is 2.41. The minimum atomic E-state index is 0.311. The van der Waals surface area contributed by atoms with Crippen molar-refractivity contribution in [2.75, 3.05) is 26.8 Å². The third kappa shape index (κ3) is 1.76. The third-order valence-corrected chi connectivity index (χ3v) is 5.51. The number of hydrogen-bond acceptors (Lipinski definition) is 3. The summed E-state index contributed by atoms with van der Waals surface area (Å²) in [6.07, 6.45) is 6.96. The van der Waals surface area contributed by atoms with Crippen LogP contribution in [0.25, 0.3) is 0 Å². The summed E-state index contributed by atoms with van der Waals surface area (Å²) in [6.45, 7) is 2.39. The normalized spacial score (nSPS) is 24.9. The average molecular weight is 273 g/mol. The second-order valence-electron chi connectivity index (χ2n) is 6.88. The third-order valence-electron chi connectivity index (χ3n) is 5.51. The van der Waals surface area contributed by atoms with E-state index in [9.17, 15) is 0 Å². The molecule has 0 bridgehead atoms. The first kappa shape index (κ1) is 12.5. The van der Waals surface area contributed by atoms with Gasteiger partial charge in [0.25, 0.3) is 0 Å². The monoisotopic (exact) mass is 273 g/mol. The van der Waals surface area contributed by atoms with Crippen molar-refractivity contribution in [1.82, 2.24) is 5.32 Å². The van der Waals surface area contributed by atoms with Gasteiger partial charge in [0.15, 0.2) is 11.5 Å². The van der Waals surface area contributed by atoms with Gasteiger partial charge >= 0.3 is 0 Å². The van der Waals surface area contributed by atoms with E-state index in [0.717, 1.165) is 18.0 Å². The number of rotatable bonds is 3. The molecule has 3 nitrogen and oxygen atoms in total. The Balaban J connectivity index is 1.63. The molecular weight excluding hydrogens is 250 g/mol. The summed E-state index contributed by atoms with van der Waals surface area (Å²) in [5, 5.41) is 3.40. The SMILES string of the molecule is CNCC1(c2ccc3c(c2)OCCO3)CC2(CCC2)C1. The van der Waals surface area contributed by atoms with Crippen molar-refractivity contribution in [3.8, 4) is 11.5 Å². The van der Waals surface area contributed by atoms with Gasteiger partial charge in [0.05, 0.1) is 0 Å². The number of nitrogens with one attached hydrogen (secondary N) is 1. The van der Waals surface area contributed by atoms with Crippen LogP contribution in [0.2, 0.25) is 0 Å². The minimum absolute atomic E-state index is 0.311. The molecule has 0 unspecified atom stereocenters. The number of benzene rings is 1. The molecule has 2 aliphatic carbocycles. The van der Waals surface area contributed by atoms with E-state index in [-0.39, 0.29) is 0 Å². The molecular formula is C17H23NO2. The van der Waals surface area contributed by atoms with E-state index in [1.807, 2.05) is 0 Å². The molecule has 1 spiro atoms. The molecule has 0 amide bonds. The molecule has 1 aliphatic heterocycles. The largest absolute Gasteiger partial charge is 0.486 e. The lowest BCUT2D eigenvalue weighted by Gasteiger charge is -2.61. The highest BCUT2D eigenvalue weighted by Crippen LogP contribution is 2.65. The highest BCUT2D eigenvalue weighted by atomic mass is 16.6. The molecule has 108 valence electrons. The highest BCUT2D eigenvalue weighted by Gasteiger charge is 2.57. The van der Waals surface area contributed by atoms with E-state index in [1.165, 1.54) is 37.7 Å². The number of fused-ring (bicyclic) bond motifs is 1. The first-order chi connectivity index (χ1) is 9.75. The Morgan fingerprint density at radius 3 is 2.50 bits per heavy atom. The van der Waals surface area contributed by atoms with Gasteiger partial charge in [0.1, 0.15) is 13.2 Å². The fourth-order valence-corrected chi connectivity index (χ4v) is 4.56. The summed E-state index contributed by atoms with van der Waals surface area (Å²) in [4.78, 5) is 0. The van der Waals surface area contributed by atoms with Crippen LogP contribution in [0.3, 0.4) is 0 Å². The van der Waals surface area contributed by atoms with Crippen molar-refractivity contribution in [2.45, 2.75) is 37.5 Å². The predicted octanol–water partition coefficient (Wildman–Crippen LogP) is 2.88. The highest BCUT2D eigenvalue weighted by molar-refractivity contribution is 5.47. The zero-order valence-electron chi connectivity index (χ0n) is 12.2. The summed E-state index contributed by atoms with van der Waals surface area (Å²) < 4.78 is 11.4. The van der Waals surface area contributed by atoms with Gasteiger partial charge in [-0.2, -0.15) is 0 Å². The molecule has 0 aromatic heterocycles. The maximum atomic E-state index is 5.75. The van der Waals surface area contributed by atoms with Crippen LogP contribution in [-0.4, -0.2) is 26.8 Å². The number of hydrogen-bond donors (Lipinski definition) is 1. The van der Waals surface area contributed by atoms with Crippen LogP contribution in [-0.2, 0) is 5.41 Å². The van der Waals surface area contributed by atoms with Gasteiger partial charge < -0.3 is 14.8 Å². The van der Waals surface area contributed by atoms with Gasteiger partial charge in [-0.3, -0.25) is 0 Å². The second kappa shape index (κ2) is 4.39. The Hall–Kier alpha value is -1.22. The smallest absolute Gasteiger partial charge is 0.161 e. The average Bonchev–Trinajstić information content (AvgIpc) is 2.40. The van der Waals surface area contributed by atoms with E-state index < -0.39 is 0 Å². The maximum absolute atomic E-state index is 5.75. The Morgan fingerprint density at radius 1 is 1.10 bits per heavy atom. The van der Waals surface area contributed by atoms with Crippen LogP contribution in [0.4, 0.5) is 0 Å². The van der Waals surface area contributed by atoms with Crippen LogP contribution in [0.15, 0.2) is 18.2 Å². The molecule has 0 radical (unpaired) electrons. The summed E-state index contributed by atoms with van der Waals surface area (Å²) in [7, 11) is 2.06. The van der Waals surface area contributed by atoms with Gasteiger partial charge in [-0.05, 0) is 55.8 Å². The lowest BCUT2D eigenvalue weighted by Crippen LogP contribution is -2.57. The topological polar surface area (TPSA) is 30.5 Å². The fourth-order valence-electron chi connectivity index (χ4n) is 4.56. The van der Waals surface area contributed by atoms with E-state index in [4.69, 9.17) is 9.47 Å². The lowest BCUT2D eigenvalue weighted by atomic mass is 9.43. The Bertz CT molecular complexity index is 514. The van der Waals surface area contributed by atoms with Crippen molar-refractivity contribution in [3.05, 3.63) is 23.8 Å². The number of ether oxygens (including phenoxy) is 2. The van der Waals surface area contributed by atoms with Crippen molar-refractivity contribution >= 4 is 0 Å². The van der Waals surface area contributed by atoms with E-state index in [1.54, 1.807) is 0 Å². The first-order valence-electron chi connectivity index (χ1n) is 7.80. The molecule has 4 rings (SSSR count). The maximum Gasteiger partial charge on any atom is 0.161 e. The molecule has 1 aromatic rings. The van der Waals surface area contributed by atoms with Crippen LogP contribution in [0, 0.1) is 5.41 Å². The molecule has 0 atom stereocenters. The van der Waals surface area contributed by atoms with Gasteiger partial charge in [-0.15, -0.1) is 0 Å². The van der Waals surface area contributed by atoms with Crippen LogP contribution in [0.1, 0.15) is 37.7 Å². The quantitative estimate of drug-likeness (QED) is 0.918. The molecule has 1 heterocycles. The Kier molecular flexibility index (Phi) is 2.75. The van der Waals surface area contributed by atoms with E-state index in [0.29, 0.717) is 24.0 Å². The first-order valence-corrected chi connectivity index (χ1v) is 7.80. The molecule has 3 heteroatoms. The second-order valence-corrected chi connectivity index (χ2v) is 6.88. The zero-order chi connectivity index (χ0) is 13.6. The minimum Gasteiger partial charge on any atom is -0.486 e. The van der Waals surface area contributed by atoms with Crippen molar-refractivity contribution < 1.29 is 9.47 Å². The standard InChI is InChI=1S/C17H23NO2/c1-18-12-17(10-16(11-17)5-2-6-16)13-3-4-14-15(9-13)20-8-7-19-14/h3-4,9,18H,2,5-8,10-12H2,1H3. The van der Waals surface area contributed by atoms with Gasteiger partial charge in [0.2, 0.25) is 0 Å². The fraction of sp³-hybridized carbons (Fsp3) is 0.647. The van der Waals surface area contributed by atoms with E-state index in [2.05, 4.69) is 30.6 Å². The van der Waals surface area contributed by atoms with Crippen LogP contribution >= 0.6 is 0 Å². The van der Waals surface area contributed by atoms with Gasteiger partial charge in [-0.1, -0.05) is 12.5 Å². The Labute approximate surface area is 120 Å². The summed E-state index contributed by atoms with van der Waals surface area (Å²) in [6, 6.07) is 6.56. The van der Waals surface area contributed by atoms with E-state index >= 15 is 0 Å². The molecule has 20 heavy (non-hydrogen) atoms. The Morgan fingerprint density at radius 2 is 1.85 bits per heavy atom. The van der Waals surface area contributed by atoms with Gasteiger partial charge in [-0.25, -0.2) is 0 Å². The number of likely N-dealkylation sites (N-methyl/N-ethyl adjacent to an activating group) is 1. The summed E-state index contributed by atoms with van der Waals surface area (Å²) in [5.74, 6) is 1.83. The van der Waals surface area contributed by atoms with Crippen molar-refractivity contribution in [2.24, 2.45) is 5.41 Å². The molecule has 1 aromatic carbocycles. The van der Waals surface area contributed by atoms with Crippen molar-refractivity contribution in [3.63, 3.8) is 0 Å². The lowest BCUT2D eigenvalue weighted by molar-refractivity contribution is -0.0477. The van der Waals surface area contributed by atoms with Gasteiger partial charge in [0, 0.05) is 12.0 Å². The van der Waals surface area contributed by atoms with Crippen molar-refractivity contribution in [1.29, 1.82) is 0 Å². The zero-order valence-corrected chi connectivity index (χ0v) is 12.2. The van der Waals surface area contributed by atoms with Crippen LogP contribution < -0.4 is 14.8 Å². The molecule has 3 aliphatic rings. The molecule has 2 fully saturated rings. The summed E-state index contributed by atoms with van der Waals surface area (Å²) >= 11 is 0. The molecule has 0 saturated heterocycles. The predicted molar refractivity (Wildman–Crippen MR) is 78.6 cm³/mol. The van der Waals surface area contributed by atoms with Crippen LogP contribution in [0.5, 0.6) is 11.5 Å².